The van der Waals surface area contributed by atoms with Crippen molar-refractivity contribution < 1.29 is 14.3 Å². The van der Waals surface area contributed by atoms with E-state index in [1.54, 1.807) is 6.20 Å². The first-order valence-electron chi connectivity index (χ1n) is 11.2. The maximum absolute atomic E-state index is 12.1. The summed E-state index contributed by atoms with van der Waals surface area (Å²) in [6.07, 6.45) is 6.12. The Balaban J connectivity index is 1.15. The first-order valence-corrected chi connectivity index (χ1v) is 12.0. The molecule has 1 fully saturated rings. The summed E-state index contributed by atoms with van der Waals surface area (Å²) >= 11 is 1.45. The third-order valence-corrected chi connectivity index (χ3v) is 6.79. The molecule has 166 valence electrons. The average Bonchev–Trinajstić information content (AvgIpc) is 3.50. The van der Waals surface area contributed by atoms with E-state index >= 15 is 0 Å². The fraction of sp³-hybridized carbons (Fsp3) is 0.360. The lowest BCUT2D eigenvalue weighted by Crippen LogP contribution is -2.35. The largest absolute Gasteiger partial charge is 0.485 e. The number of nitrogens with one attached hydrogen (secondary N) is 1. The van der Waals surface area contributed by atoms with Crippen molar-refractivity contribution in [2.24, 2.45) is 0 Å². The molecule has 0 radical (unpaired) electrons. The zero-order valence-electron chi connectivity index (χ0n) is 18.0. The quantitative estimate of drug-likeness (QED) is 0.566. The number of carbonyl (C=O) groups is 1. The number of nitrogens with zero attached hydrogens (tertiary/aromatic N) is 2. The minimum atomic E-state index is 0.0614. The van der Waals surface area contributed by atoms with Crippen LogP contribution in [0.25, 0.3) is 0 Å². The van der Waals surface area contributed by atoms with Crippen LogP contribution in [0.5, 0.6) is 16.7 Å². The molecule has 1 N–H and O–H groups in total. The lowest BCUT2D eigenvalue weighted by Gasteiger charge is -2.26. The highest BCUT2D eigenvalue weighted by Gasteiger charge is 2.22. The molecule has 0 aliphatic carbocycles. The minimum absolute atomic E-state index is 0.0614. The Hall–Kier alpha value is -2.90. The van der Waals surface area contributed by atoms with Crippen molar-refractivity contribution >= 4 is 17.2 Å². The number of likely N-dealkylation sites (tertiary alicyclic amines) is 1. The molecule has 0 saturated carbocycles. The molecular formula is C25H27N3O3S. The van der Waals surface area contributed by atoms with Crippen LogP contribution in [-0.2, 0) is 17.8 Å². The van der Waals surface area contributed by atoms with Crippen LogP contribution in [0.15, 0.2) is 54.7 Å². The number of hydrogen-bond donors (Lipinski definition) is 1. The molecule has 32 heavy (non-hydrogen) atoms. The number of ether oxygens (including phenoxy) is 2. The number of rotatable bonds is 7. The van der Waals surface area contributed by atoms with E-state index in [0.29, 0.717) is 18.3 Å². The highest BCUT2D eigenvalue weighted by molar-refractivity contribution is 7.13. The van der Waals surface area contributed by atoms with Crippen molar-refractivity contribution in [2.45, 2.75) is 38.3 Å². The van der Waals surface area contributed by atoms with Crippen LogP contribution in [0.3, 0.4) is 0 Å². The smallest absolute Gasteiger partial charge is 0.278 e. The van der Waals surface area contributed by atoms with Crippen molar-refractivity contribution in [3.05, 3.63) is 70.7 Å². The van der Waals surface area contributed by atoms with Gasteiger partial charge in [0.25, 0.3) is 5.19 Å². The van der Waals surface area contributed by atoms with Crippen LogP contribution in [0.2, 0.25) is 0 Å². The van der Waals surface area contributed by atoms with Gasteiger partial charge in [-0.15, -0.1) is 0 Å². The molecule has 5 rings (SSSR count). The van der Waals surface area contributed by atoms with Crippen LogP contribution in [0.4, 0.5) is 0 Å². The first kappa shape index (κ1) is 21.0. The standard InChI is InChI=1S/C25H27N3O3S/c29-24(17-28-12-4-5-13-28)26-15-21-16-27-25(32-21)30-20-9-11-23-19(14-20)8-10-22(31-23)18-6-2-1-3-7-18/h1-3,6-7,9,11,14,16,22H,4-5,8,10,12-13,15,17H2,(H,26,29). The molecule has 3 aromatic rings. The fourth-order valence-electron chi connectivity index (χ4n) is 4.24. The molecule has 7 heteroatoms. The SMILES string of the molecule is O=C(CN1CCCC1)NCc1cnc(Oc2ccc3c(c2)CCC(c2ccccc2)O3)s1. The van der Waals surface area contributed by atoms with Crippen LogP contribution in [-0.4, -0.2) is 35.4 Å². The van der Waals surface area contributed by atoms with E-state index in [4.69, 9.17) is 9.47 Å². The van der Waals surface area contributed by atoms with E-state index < -0.39 is 0 Å². The zero-order chi connectivity index (χ0) is 21.8. The van der Waals surface area contributed by atoms with Crippen LogP contribution in [0.1, 0.15) is 41.4 Å². The van der Waals surface area contributed by atoms with Gasteiger partial charge >= 0.3 is 0 Å². The number of aromatic nitrogens is 1. The van der Waals surface area contributed by atoms with E-state index in [0.717, 1.165) is 47.9 Å². The summed E-state index contributed by atoms with van der Waals surface area (Å²) in [6.45, 7) is 2.99. The molecule has 0 spiro atoms. The van der Waals surface area contributed by atoms with Gasteiger partial charge in [-0.3, -0.25) is 9.69 Å². The van der Waals surface area contributed by atoms with Gasteiger partial charge in [0.15, 0.2) is 0 Å². The number of thiazole rings is 1. The maximum atomic E-state index is 12.1. The highest BCUT2D eigenvalue weighted by Crippen LogP contribution is 2.38. The summed E-state index contributed by atoms with van der Waals surface area (Å²) in [5.41, 5.74) is 2.36. The Kier molecular flexibility index (Phi) is 6.36. The number of benzene rings is 2. The van der Waals surface area contributed by atoms with Crippen molar-refractivity contribution in [1.29, 1.82) is 0 Å². The van der Waals surface area contributed by atoms with Gasteiger partial charge in [0.2, 0.25) is 5.91 Å². The summed E-state index contributed by atoms with van der Waals surface area (Å²) in [6, 6.07) is 16.3. The molecule has 2 aliphatic rings. The molecule has 1 aromatic heterocycles. The molecule has 1 amide bonds. The minimum Gasteiger partial charge on any atom is -0.485 e. The second kappa shape index (κ2) is 9.71. The molecule has 2 aromatic carbocycles. The van der Waals surface area contributed by atoms with Crippen LogP contribution < -0.4 is 14.8 Å². The predicted octanol–water partition coefficient (Wildman–Crippen LogP) is 4.71. The van der Waals surface area contributed by atoms with E-state index in [9.17, 15) is 4.79 Å². The van der Waals surface area contributed by atoms with Gasteiger partial charge in [0.1, 0.15) is 17.6 Å². The Labute approximate surface area is 192 Å². The second-order valence-electron chi connectivity index (χ2n) is 8.28. The normalized spacial score (nSPS) is 18.1. The van der Waals surface area contributed by atoms with Crippen molar-refractivity contribution in [1.82, 2.24) is 15.2 Å². The van der Waals surface area contributed by atoms with E-state index in [2.05, 4.69) is 27.3 Å². The van der Waals surface area contributed by atoms with E-state index in [1.807, 2.05) is 36.4 Å². The number of carbonyl (C=O) groups excluding carboxylic acids is 1. The molecule has 2 aliphatic heterocycles. The topological polar surface area (TPSA) is 63.7 Å². The Morgan fingerprint density at radius 3 is 2.88 bits per heavy atom. The number of aryl methyl sites for hydroxylation is 1. The number of fused-ring (bicyclic) bond motifs is 1. The Morgan fingerprint density at radius 1 is 1.19 bits per heavy atom. The molecule has 3 heterocycles. The molecular weight excluding hydrogens is 422 g/mol. The molecule has 0 bridgehead atoms. The first-order chi connectivity index (χ1) is 15.7. The average molecular weight is 450 g/mol. The lowest BCUT2D eigenvalue weighted by atomic mass is 9.97. The van der Waals surface area contributed by atoms with Crippen LogP contribution in [0, 0.1) is 0 Å². The third kappa shape index (κ3) is 5.11. The lowest BCUT2D eigenvalue weighted by molar-refractivity contribution is -0.122. The van der Waals surface area contributed by atoms with E-state index in [-0.39, 0.29) is 12.0 Å². The summed E-state index contributed by atoms with van der Waals surface area (Å²) in [5, 5.41) is 3.56. The Bertz CT molecular complexity index is 1060. The molecule has 1 saturated heterocycles. The predicted molar refractivity (Wildman–Crippen MR) is 124 cm³/mol. The third-order valence-electron chi connectivity index (χ3n) is 5.91. The monoisotopic (exact) mass is 449 g/mol. The van der Waals surface area contributed by atoms with E-state index in [1.165, 1.54) is 29.7 Å². The highest BCUT2D eigenvalue weighted by atomic mass is 32.1. The molecule has 1 atom stereocenters. The zero-order valence-corrected chi connectivity index (χ0v) is 18.8. The molecule has 6 nitrogen and oxygen atoms in total. The van der Waals surface area contributed by atoms with Gasteiger partial charge in [-0.1, -0.05) is 41.7 Å². The van der Waals surface area contributed by atoms with Gasteiger partial charge in [-0.25, -0.2) is 4.98 Å². The van der Waals surface area contributed by atoms with Gasteiger partial charge < -0.3 is 14.8 Å². The van der Waals surface area contributed by atoms with Gasteiger partial charge in [0.05, 0.1) is 13.1 Å². The van der Waals surface area contributed by atoms with Gasteiger partial charge in [-0.2, -0.15) is 0 Å². The van der Waals surface area contributed by atoms with Gasteiger partial charge in [-0.05, 0) is 68.1 Å². The second-order valence-corrected chi connectivity index (χ2v) is 9.36. The summed E-state index contributed by atoms with van der Waals surface area (Å²) in [5.74, 6) is 1.73. The summed E-state index contributed by atoms with van der Waals surface area (Å²) in [7, 11) is 0. The number of amides is 1. The van der Waals surface area contributed by atoms with Crippen molar-refractivity contribution in [3.63, 3.8) is 0 Å². The Morgan fingerprint density at radius 2 is 2.03 bits per heavy atom. The van der Waals surface area contributed by atoms with Crippen molar-refractivity contribution in [2.75, 3.05) is 19.6 Å². The van der Waals surface area contributed by atoms with Crippen molar-refractivity contribution in [3.8, 4) is 16.7 Å². The van der Waals surface area contributed by atoms with Crippen LogP contribution >= 0.6 is 11.3 Å². The molecule has 1 unspecified atom stereocenters. The fourth-order valence-corrected chi connectivity index (χ4v) is 4.95. The maximum Gasteiger partial charge on any atom is 0.278 e. The summed E-state index contributed by atoms with van der Waals surface area (Å²) in [4.78, 5) is 19.6. The number of hydrogen-bond acceptors (Lipinski definition) is 6. The summed E-state index contributed by atoms with van der Waals surface area (Å²) < 4.78 is 12.2. The van der Waals surface area contributed by atoms with Gasteiger partial charge in [0, 0.05) is 11.1 Å².